The SMILES string of the molecule is CN(C)c1ccc(CC(=O)OCCCCCCCCOc2ccccc2/C=C/C(=O)c2ccccc2)cc1. The van der Waals surface area contributed by atoms with E-state index in [0.717, 1.165) is 61.1 Å². The third-order valence-corrected chi connectivity index (χ3v) is 6.25. The first-order valence-corrected chi connectivity index (χ1v) is 13.4. The van der Waals surface area contributed by atoms with E-state index >= 15 is 0 Å². The largest absolute Gasteiger partial charge is 0.493 e. The van der Waals surface area contributed by atoms with Gasteiger partial charge in [0.15, 0.2) is 5.78 Å². The third kappa shape index (κ3) is 10.3. The molecule has 0 unspecified atom stereocenters. The maximum atomic E-state index is 12.3. The van der Waals surface area contributed by atoms with Crippen molar-refractivity contribution in [3.8, 4) is 5.75 Å². The molecule has 0 saturated carbocycles. The summed E-state index contributed by atoms with van der Waals surface area (Å²) in [5.74, 6) is 0.601. The van der Waals surface area contributed by atoms with Crippen molar-refractivity contribution >= 4 is 23.5 Å². The summed E-state index contributed by atoms with van der Waals surface area (Å²) in [6.07, 6.45) is 9.98. The lowest BCUT2D eigenvalue weighted by molar-refractivity contribution is -0.142. The lowest BCUT2D eigenvalue weighted by Gasteiger charge is -2.12. The average Bonchev–Trinajstić information content (AvgIpc) is 2.94. The summed E-state index contributed by atoms with van der Waals surface area (Å²) in [7, 11) is 3.99. The molecule has 0 N–H and O–H groups in total. The van der Waals surface area contributed by atoms with Crippen LogP contribution in [0.3, 0.4) is 0 Å². The Balaban J connectivity index is 1.24. The van der Waals surface area contributed by atoms with Gasteiger partial charge < -0.3 is 14.4 Å². The molecule has 0 amide bonds. The first-order chi connectivity index (χ1) is 18.5. The van der Waals surface area contributed by atoms with Gasteiger partial charge in [-0.15, -0.1) is 0 Å². The van der Waals surface area contributed by atoms with E-state index < -0.39 is 0 Å². The van der Waals surface area contributed by atoms with Crippen LogP contribution in [0.15, 0.2) is 84.9 Å². The fourth-order valence-corrected chi connectivity index (χ4v) is 4.02. The topological polar surface area (TPSA) is 55.8 Å². The summed E-state index contributed by atoms with van der Waals surface area (Å²) in [5, 5.41) is 0. The predicted octanol–water partition coefficient (Wildman–Crippen LogP) is 7.15. The number of esters is 1. The van der Waals surface area contributed by atoms with Gasteiger partial charge >= 0.3 is 5.97 Å². The summed E-state index contributed by atoms with van der Waals surface area (Å²) in [6.45, 7) is 1.12. The molecule has 0 aliphatic rings. The summed E-state index contributed by atoms with van der Waals surface area (Å²) >= 11 is 0. The van der Waals surface area contributed by atoms with E-state index in [9.17, 15) is 9.59 Å². The zero-order chi connectivity index (χ0) is 27.0. The number of ketones is 1. The number of hydrogen-bond donors (Lipinski definition) is 0. The van der Waals surface area contributed by atoms with Gasteiger partial charge in [-0.05, 0) is 48.8 Å². The standard InChI is InChI=1S/C33H39NO4/c1-34(2)30-21-18-27(19-22-30)26-33(36)38-25-13-6-4-3-5-12-24-37-32-17-11-10-16-29(32)20-23-31(35)28-14-8-7-9-15-28/h7-11,14-23H,3-6,12-13,24-26H2,1-2H3/b23-20+. The molecule has 5 heteroatoms. The fourth-order valence-electron chi connectivity index (χ4n) is 4.02. The molecule has 0 bridgehead atoms. The highest BCUT2D eigenvalue weighted by atomic mass is 16.5. The van der Waals surface area contributed by atoms with E-state index in [2.05, 4.69) is 0 Å². The highest BCUT2D eigenvalue weighted by Crippen LogP contribution is 2.20. The molecule has 0 atom stereocenters. The van der Waals surface area contributed by atoms with Crippen molar-refractivity contribution < 1.29 is 19.1 Å². The van der Waals surface area contributed by atoms with Crippen LogP contribution < -0.4 is 9.64 Å². The van der Waals surface area contributed by atoms with E-state index in [1.807, 2.05) is 104 Å². The number of ether oxygens (including phenoxy) is 2. The van der Waals surface area contributed by atoms with Gasteiger partial charge in [0.1, 0.15) is 5.75 Å². The molecule has 0 aliphatic carbocycles. The number of hydrogen-bond acceptors (Lipinski definition) is 5. The second kappa shape index (κ2) is 16.1. The summed E-state index contributed by atoms with van der Waals surface area (Å²) in [4.78, 5) is 26.4. The van der Waals surface area contributed by atoms with Gasteiger partial charge in [0.25, 0.3) is 0 Å². The van der Waals surface area contributed by atoms with Gasteiger partial charge in [0.2, 0.25) is 0 Å². The highest BCUT2D eigenvalue weighted by Gasteiger charge is 2.06. The Labute approximate surface area is 227 Å². The van der Waals surface area contributed by atoms with Crippen LogP contribution in [0.2, 0.25) is 0 Å². The average molecular weight is 514 g/mol. The normalized spacial score (nSPS) is 10.9. The van der Waals surface area contributed by atoms with Crippen molar-refractivity contribution in [3.05, 3.63) is 102 Å². The molecule has 0 fully saturated rings. The van der Waals surface area contributed by atoms with Crippen molar-refractivity contribution in [2.45, 2.75) is 44.9 Å². The first kappa shape index (κ1) is 28.7. The van der Waals surface area contributed by atoms with Gasteiger partial charge in [-0.1, -0.05) is 86.3 Å². The van der Waals surface area contributed by atoms with Crippen LogP contribution in [0.4, 0.5) is 5.69 Å². The minimum Gasteiger partial charge on any atom is -0.493 e. The monoisotopic (exact) mass is 513 g/mol. The Morgan fingerprint density at radius 2 is 1.37 bits per heavy atom. The molecule has 0 saturated heterocycles. The molecular formula is C33H39NO4. The lowest BCUT2D eigenvalue weighted by atomic mass is 10.1. The molecule has 0 heterocycles. The Morgan fingerprint density at radius 3 is 2.08 bits per heavy atom. The van der Waals surface area contributed by atoms with Crippen LogP contribution in [0.25, 0.3) is 6.08 Å². The molecule has 0 spiro atoms. The number of unbranched alkanes of at least 4 members (excludes halogenated alkanes) is 5. The molecule has 5 nitrogen and oxygen atoms in total. The van der Waals surface area contributed by atoms with Crippen LogP contribution >= 0.6 is 0 Å². The molecule has 3 rings (SSSR count). The van der Waals surface area contributed by atoms with E-state index in [0.29, 0.717) is 25.2 Å². The maximum Gasteiger partial charge on any atom is 0.310 e. The Hall–Kier alpha value is -3.86. The van der Waals surface area contributed by atoms with Crippen molar-refractivity contribution in [3.63, 3.8) is 0 Å². The summed E-state index contributed by atoms with van der Waals surface area (Å²) in [5.41, 5.74) is 3.66. The number of rotatable bonds is 16. The van der Waals surface area contributed by atoms with Gasteiger partial charge in [0.05, 0.1) is 19.6 Å². The molecule has 200 valence electrons. The highest BCUT2D eigenvalue weighted by molar-refractivity contribution is 6.06. The zero-order valence-electron chi connectivity index (χ0n) is 22.6. The number of carbonyl (C=O) groups excluding carboxylic acids is 2. The minimum absolute atomic E-state index is 0.0231. The molecule has 3 aromatic rings. The van der Waals surface area contributed by atoms with Gasteiger partial charge in [0, 0.05) is 30.9 Å². The molecule has 0 radical (unpaired) electrons. The Bertz CT molecular complexity index is 1150. The van der Waals surface area contributed by atoms with Crippen LogP contribution in [0.5, 0.6) is 5.75 Å². The van der Waals surface area contributed by atoms with Crippen molar-refractivity contribution in [2.24, 2.45) is 0 Å². The van der Waals surface area contributed by atoms with E-state index in [1.54, 1.807) is 6.08 Å². The smallest absolute Gasteiger partial charge is 0.310 e. The zero-order valence-corrected chi connectivity index (χ0v) is 22.6. The second-order valence-electron chi connectivity index (χ2n) is 9.53. The number of carbonyl (C=O) groups is 2. The minimum atomic E-state index is -0.167. The fraction of sp³-hybridized carbons (Fsp3) is 0.333. The Morgan fingerprint density at radius 1 is 0.737 bits per heavy atom. The number of allylic oxidation sites excluding steroid dienone is 1. The summed E-state index contributed by atoms with van der Waals surface area (Å²) < 4.78 is 11.4. The maximum absolute atomic E-state index is 12.3. The van der Waals surface area contributed by atoms with Crippen molar-refractivity contribution in [1.82, 2.24) is 0 Å². The van der Waals surface area contributed by atoms with Crippen LogP contribution in [-0.2, 0) is 16.0 Å². The number of benzene rings is 3. The van der Waals surface area contributed by atoms with Gasteiger partial charge in [-0.3, -0.25) is 9.59 Å². The van der Waals surface area contributed by atoms with Crippen molar-refractivity contribution in [1.29, 1.82) is 0 Å². The van der Waals surface area contributed by atoms with E-state index in [-0.39, 0.29) is 11.8 Å². The van der Waals surface area contributed by atoms with Crippen LogP contribution in [0.1, 0.15) is 60.0 Å². The van der Waals surface area contributed by atoms with E-state index in [1.165, 1.54) is 0 Å². The lowest BCUT2D eigenvalue weighted by Crippen LogP contribution is -2.10. The first-order valence-electron chi connectivity index (χ1n) is 13.4. The van der Waals surface area contributed by atoms with Crippen LogP contribution in [0, 0.1) is 0 Å². The number of anilines is 1. The third-order valence-electron chi connectivity index (χ3n) is 6.25. The predicted molar refractivity (Wildman–Crippen MR) is 155 cm³/mol. The van der Waals surface area contributed by atoms with Crippen molar-refractivity contribution in [2.75, 3.05) is 32.2 Å². The molecule has 38 heavy (non-hydrogen) atoms. The Kier molecular flexibility index (Phi) is 12.1. The second-order valence-corrected chi connectivity index (χ2v) is 9.53. The quantitative estimate of drug-likeness (QED) is 0.0881. The molecule has 0 aromatic heterocycles. The molecule has 0 aliphatic heterocycles. The van der Waals surface area contributed by atoms with Gasteiger partial charge in [-0.2, -0.15) is 0 Å². The number of nitrogens with zero attached hydrogens (tertiary/aromatic N) is 1. The van der Waals surface area contributed by atoms with Crippen LogP contribution in [-0.4, -0.2) is 39.1 Å². The number of para-hydroxylation sites is 1. The van der Waals surface area contributed by atoms with E-state index in [4.69, 9.17) is 9.47 Å². The van der Waals surface area contributed by atoms with Gasteiger partial charge in [-0.25, -0.2) is 0 Å². The molecule has 3 aromatic carbocycles. The molecular weight excluding hydrogens is 474 g/mol. The summed E-state index contributed by atoms with van der Waals surface area (Å²) in [6, 6.07) is 25.0.